The second-order valence-electron chi connectivity index (χ2n) is 5.00. The van der Waals surface area contributed by atoms with E-state index >= 15 is 0 Å². The molecule has 3 heterocycles. The van der Waals surface area contributed by atoms with E-state index in [1.165, 1.54) is 0 Å². The maximum absolute atomic E-state index is 12.3. The highest BCUT2D eigenvalue weighted by Crippen LogP contribution is 2.17. The van der Waals surface area contributed by atoms with Crippen LogP contribution in [-0.2, 0) is 0 Å². The van der Waals surface area contributed by atoms with Crippen LogP contribution in [0.15, 0.2) is 29.0 Å². The molecule has 3 rings (SSSR count). The van der Waals surface area contributed by atoms with Crippen LogP contribution in [-0.4, -0.2) is 51.9 Å². The topological polar surface area (TPSA) is 65.1 Å². The lowest BCUT2D eigenvalue weighted by molar-refractivity contribution is 0.0741. The number of piperazine rings is 1. The van der Waals surface area contributed by atoms with Crippen molar-refractivity contribution in [3.63, 3.8) is 0 Å². The molecule has 0 spiro atoms. The number of aryl methyl sites for hydroxylation is 1. The van der Waals surface area contributed by atoms with Crippen molar-refractivity contribution in [3.8, 4) is 0 Å². The number of pyridine rings is 1. The molecule has 2 aromatic heterocycles. The lowest BCUT2D eigenvalue weighted by Crippen LogP contribution is -2.49. The van der Waals surface area contributed by atoms with E-state index in [4.69, 9.17) is 0 Å². The number of anilines is 1. The molecule has 1 fully saturated rings. The minimum atomic E-state index is 0.0130. The summed E-state index contributed by atoms with van der Waals surface area (Å²) in [5.41, 5.74) is 0.558. The molecule has 0 radical (unpaired) electrons. The molecule has 0 atom stereocenters. The van der Waals surface area contributed by atoms with Crippen LogP contribution in [0.2, 0.25) is 0 Å². The molecular weight excluding hydrogens is 334 g/mol. The van der Waals surface area contributed by atoms with E-state index in [1.54, 1.807) is 12.4 Å². The third kappa shape index (κ3) is 3.07. The van der Waals surface area contributed by atoms with Gasteiger partial charge >= 0.3 is 0 Å². The highest BCUT2D eigenvalue weighted by Gasteiger charge is 2.23. The molecule has 1 saturated heterocycles. The summed E-state index contributed by atoms with van der Waals surface area (Å²) in [6.45, 7) is 4.79. The molecule has 1 aliphatic heterocycles. The zero-order chi connectivity index (χ0) is 14.8. The van der Waals surface area contributed by atoms with Gasteiger partial charge in [-0.3, -0.25) is 4.79 Å². The van der Waals surface area contributed by atoms with Gasteiger partial charge in [0, 0.05) is 36.8 Å². The van der Waals surface area contributed by atoms with Crippen LogP contribution in [0.3, 0.4) is 0 Å². The number of nitrogens with zero attached hydrogens (tertiary/aromatic N) is 4. The predicted molar refractivity (Wildman–Crippen MR) is 83.4 cm³/mol. The highest BCUT2D eigenvalue weighted by atomic mass is 79.9. The Labute approximate surface area is 131 Å². The molecule has 6 nitrogen and oxygen atoms in total. The van der Waals surface area contributed by atoms with Crippen molar-refractivity contribution < 1.29 is 4.79 Å². The van der Waals surface area contributed by atoms with Crippen molar-refractivity contribution in [2.24, 2.45) is 0 Å². The zero-order valence-corrected chi connectivity index (χ0v) is 13.3. The number of hydrogen-bond donors (Lipinski definition) is 1. The molecule has 0 aromatic carbocycles. The SMILES string of the molecule is Cc1ncc(C(=O)N2CCN(c3ccc(Br)cn3)CC2)[nH]1. The fourth-order valence-corrected chi connectivity index (χ4v) is 2.63. The molecule has 1 aliphatic rings. The normalized spacial score (nSPS) is 15.3. The van der Waals surface area contributed by atoms with Gasteiger partial charge < -0.3 is 14.8 Å². The Balaban J connectivity index is 1.62. The zero-order valence-electron chi connectivity index (χ0n) is 11.7. The van der Waals surface area contributed by atoms with Gasteiger partial charge in [-0.25, -0.2) is 9.97 Å². The number of H-pyrrole nitrogens is 1. The molecule has 7 heteroatoms. The Morgan fingerprint density at radius 1 is 1.19 bits per heavy atom. The maximum atomic E-state index is 12.3. The van der Waals surface area contributed by atoms with E-state index in [2.05, 4.69) is 35.8 Å². The summed E-state index contributed by atoms with van der Waals surface area (Å²) in [5.74, 6) is 1.72. The number of carbonyl (C=O) groups excluding carboxylic acids is 1. The van der Waals surface area contributed by atoms with E-state index in [0.717, 1.165) is 29.2 Å². The molecule has 0 saturated carbocycles. The van der Waals surface area contributed by atoms with Gasteiger partial charge in [0.2, 0.25) is 0 Å². The predicted octanol–water partition coefficient (Wildman–Crippen LogP) is 1.84. The van der Waals surface area contributed by atoms with E-state index in [9.17, 15) is 4.79 Å². The Hall–Kier alpha value is -1.89. The molecular formula is C14H16BrN5O. The van der Waals surface area contributed by atoms with Crippen molar-refractivity contribution in [3.05, 3.63) is 40.5 Å². The second kappa shape index (κ2) is 5.85. The van der Waals surface area contributed by atoms with E-state index in [-0.39, 0.29) is 5.91 Å². The van der Waals surface area contributed by atoms with E-state index in [0.29, 0.717) is 18.8 Å². The maximum Gasteiger partial charge on any atom is 0.272 e. The number of hydrogen-bond acceptors (Lipinski definition) is 4. The number of carbonyl (C=O) groups is 1. The minimum Gasteiger partial charge on any atom is -0.353 e. The average Bonchev–Trinajstić information content (AvgIpc) is 2.94. The number of rotatable bonds is 2. The van der Waals surface area contributed by atoms with Crippen LogP contribution in [0.5, 0.6) is 0 Å². The standard InChI is InChI=1S/C14H16BrN5O/c1-10-16-9-12(18-10)14(21)20-6-4-19(5-7-20)13-3-2-11(15)8-17-13/h2-3,8-9H,4-7H2,1H3,(H,16,18). The Kier molecular flexibility index (Phi) is 3.92. The van der Waals surface area contributed by atoms with E-state index in [1.807, 2.05) is 24.0 Å². The van der Waals surface area contributed by atoms with Crippen molar-refractivity contribution in [1.82, 2.24) is 19.9 Å². The van der Waals surface area contributed by atoms with Gasteiger partial charge in [0.25, 0.3) is 5.91 Å². The molecule has 0 aliphatic carbocycles. The van der Waals surface area contributed by atoms with Crippen LogP contribution in [0.1, 0.15) is 16.3 Å². The first-order valence-electron chi connectivity index (χ1n) is 6.81. The molecule has 21 heavy (non-hydrogen) atoms. The first kappa shape index (κ1) is 14.1. The summed E-state index contributed by atoms with van der Waals surface area (Å²) in [6, 6.07) is 3.97. The number of amides is 1. The smallest absolute Gasteiger partial charge is 0.272 e. The van der Waals surface area contributed by atoms with Crippen LogP contribution < -0.4 is 4.90 Å². The fraction of sp³-hybridized carbons (Fsp3) is 0.357. The summed E-state index contributed by atoms with van der Waals surface area (Å²) in [5, 5.41) is 0. The molecule has 0 unspecified atom stereocenters. The quantitative estimate of drug-likeness (QED) is 0.898. The third-order valence-corrected chi connectivity index (χ3v) is 4.01. The molecule has 1 amide bonds. The Bertz CT molecular complexity index is 631. The van der Waals surface area contributed by atoms with Crippen LogP contribution in [0.4, 0.5) is 5.82 Å². The Morgan fingerprint density at radius 2 is 1.95 bits per heavy atom. The van der Waals surface area contributed by atoms with Crippen molar-refractivity contribution in [1.29, 1.82) is 0 Å². The summed E-state index contributed by atoms with van der Waals surface area (Å²) < 4.78 is 0.967. The van der Waals surface area contributed by atoms with Crippen LogP contribution in [0, 0.1) is 6.92 Å². The van der Waals surface area contributed by atoms with Crippen molar-refractivity contribution >= 4 is 27.7 Å². The van der Waals surface area contributed by atoms with Crippen molar-refractivity contribution in [2.45, 2.75) is 6.92 Å². The van der Waals surface area contributed by atoms with Crippen LogP contribution in [0.25, 0.3) is 0 Å². The summed E-state index contributed by atoms with van der Waals surface area (Å²) in [4.78, 5) is 27.8. The monoisotopic (exact) mass is 349 g/mol. The lowest BCUT2D eigenvalue weighted by atomic mass is 10.2. The largest absolute Gasteiger partial charge is 0.353 e. The fourth-order valence-electron chi connectivity index (χ4n) is 2.39. The van der Waals surface area contributed by atoms with Gasteiger partial charge in [0.1, 0.15) is 17.3 Å². The van der Waals surface area contributed by atoms with Crippen LogP contribution >= 0.6 is 15.9 Å². The van der Waals surface area contributed by atoms with E-state index < -0.39 is 0 Å². The van der Waals surface area contributed by atoms with Gasteiger partial charge in [-0.1, -0.05) is 0 Å². The Morgan fingerprint density at radius 3 is 2.52 bits per heavy atom. The second-order valence-corrected chi connectivity index (χ2v) is 5.91. The molecule has 0 bridgehead atoms. The minimum absolute atomic E-state index is 0.0130. The summed E-state index contributed by atoms with van der Waals surface area (Å²) in [7, 11) is 0. The highest BCUT2D eigenvalue weighted by molar-refractivity contribution is 9.10. The molecule has 1 N–H and O–H groups in total. The third-order valence-electron chi connectivity index (χ3n) is 3.54. The molecule has 110 valence electrons. The first-order valence-corrected chi connectivity index (χ1v) is 7.60. The number of halogens is 1. The van der Waals surface area contributed by atoms with Gasteiger partial charge in [-0.15, -0.1) is 0 Å². The molecule has 2 aromatic rings. The first-order chi connectivity index (χ1) is 10.1. The summed E-state index contributed by atoms with van der Waals surface area (Å²) >= 11 is 3.38. The number of imidazole rings is 1. The number of nitrogens with one attached hydrogen (secondary N) is 1. The van der Waals surface area contributed by atoms with Crippen molar-refractivity contribution in [2.75, 3.05) is 31.1 Å². The average molecular weight is 350 g/mol. The summed E-state index contributed by atoms with van der Waals surface area (Å²) in [6.07, 6.45) is 3.39. The van der Waals surface area contributed by atoms with Gasteiger partial charge in [0.05, 0.1) is 6.20 Å². The van der Waals surface area contributed by atoms with Gasteiger partial charge in [-0.2, -0.15) is 0 Å². The van der Waals surface area contributed by atoms with Gasteiger partial charge in [0.15, 0.2) is 0 Å². The number of aromatic nitrogens is 3. The van der Waals surface area contributed by atoms with Gasteiger partial charge in [-0.05, 0) is 35.0 Å². The lowest BCUT2D eigenvalue weighted by Gasteiger charge is -2.35. The number of aromatic amines is 1.